The van der Waals surface area contributed by atoms with Gasteiger partial charge in [0, 0.05) is 18.4 Å². The maximum atomic E-state index is 11.5. The highest BCUT2D eigenvalue weighted by Gasteiger charge is 2.05. The molecule has 0 aliphatic rings. The molecule has 1 aromatic carbocycles. The van der Waals surface area contributed by atoms with Crippen molar-refractivity contribution in [2.45, 2.75) is 26.2 Å². The van der Waals surface area contributed by atoms with Crippen LogP contribution in [0.2, 0.25) is 0 Å². The molecular formula is C15H16O4. The molecule has 100 valence electrons. The summed E-state index contributed by atoms with van der Waals surface area (Å²) in [5.41, 5.74) is 1.19. The van der Waals surface area contributed by atoms with Crippen LogP contribution >= 0.6 is 0 Å². The van der Waals surface area contributed by atoms with Crippen molar-refractivity contribution in [1.29, 1.82) is 0 Å². The summed E-state index contributed by atoms with van der Waals surface area (Å²) in [5.74, 6) is 4.62. The number of carboxylic acid groups (broad SMARTS) is 1. The van der Waals surface area contributed by atoms with Gasteiger partial charge in [0.15, 0.2) is 0 Å². The normalized spacial score (nSPS) is 9.32. The number of hydrogen-bond donors (Lipinski definition) is 1. The van der Waals surface area contributed by atoms with Crippen molar-refractivity contribution in [3.8, 4) is 11.8 Å². The van der Waals surface area contributed by atoms with Gasteiger partial charge >= 0.3 is 11.9 Å². The zero-order valence-electron chi connectivity index (χ0n) is 10.8. The van der Waals surface area contributed by atoms with E-state index in [0.29, 0.717) is 25.0 Å². The van der Waals surface area contributed by atoms with Gasteiger partial charge in [-0.1, -0.05) is 17.9 Å². The largest absolute Gasteiger partial charge is 0.481 e. The van der Waals surface area contributed by atoms with E-state index < -0.39 is 5.97 Å². The molecule has 0 spiro atoms. The van der Waals surface area contributed by atoms with Crippen LogP contribution < -0.4 is 0 Å². The molecule has 19 heavy (non-hydrogen) atoms. The summed E-state index contributed by atoms with van der Waals surface area (Å²) >= 11 is 0. The van der Waals surface area contributed by atoms with Crippen LogP contribution in [0, 0.1) is 11.8 Å². The first-order valence-electron chi connectivity index (χ1n) is 6.11. The summed E-state index contributed by atoms with van der Waals surface area (Å²) in [4.78, 5) is 21.8. The third kappa shape index (κ3) is 5.73. The predicted molar refractivity (Wildman–Crippen MR) is 70.8 cm³/mol. The number of hydrogen-bond acceptors (Lipinski definition) is 3. The second kappa shape index (κ2) is 7.93. The first-order chi connectivity index (χ1) is 9.13. The fourth-order valence-corrected chi connectivity index (χ4v) is 1.43. The average molecular weight is 260 g/mol. The van der Waals surface area contributed by atoms with Gasteiger partial charge in [0.05, 0.1) is 12.2 Å². The van der Waals surface area contributed by atoms with Crippen LogP contribution in [0.15, 0.2) is 24.3 Å². The van der Waals surface area contributed by atoms with E-state index in [1.165, 1.54) is 0 Å². The highest BCUT2D eigenvalue weighted by molar-refractivity contribution is 5.89. The molecule has 0 atom stereocenters. The molecule has 0 saturated carbocycles. The number of unbranched alkanes of at least 4 members (excludes halogenated alkanes) is 1. The van der Waals surface area contributed by atoms with E-state index >= 15 is 0 Å². The van der Waals surface area contributed by atoms with Crippen molar-refractivity contribution in [2.24, 2.45) is 0 Å². The molecule has 0 radical (unpaired) electrons. The van der Waals surface area contributed by atoms with Crippen molar-refractivity contribution >= 4 is 11.9 Å². The molecule has 1 N–H and O–H groups in total. The third-order valence-corrected chi connectivity index (χ3v) is 2.30. The van der Waals surface area contributed by atoms with Gasteiger partial charge in [-0.25, -0.2) is 4.79 Å². The molecule has 0 heterocycles. The minimum atomic E-state index is -0.814. The highest BCUT2D eigenvalue weighted by atomic mass is 16.5. The molecule has 0 saturated heterocycles. The van der Waals surface area contributed by atoms with Crippen LogP contribution in [-0.2, 0) is 9.53 Å². The zero-order valence-corrected chi connectivity index (χ0v) is 10.8. The van der Waals surface area contributed by atoms with Crippen molar-refractivity contribution < 1.29 is 19.4 Å². The molecule has 4 heteroatoms. The topological polar surface area (TPSA) is 63.6 Å². The minimum Gasteiger partial charge on any atom is -0.481 e. The van der Waals surface area contributed by atoms with Gasteiger partial charge in [-0.3, -0.25) is 4.79 Å². The van der Waals surface area contributed by atoms with E-state index in [2.05, 4.69) is 11.8 Å². The lowest BCUT2D eigenvalue weighted by atomic mass is 10.1. The van der Waals surface area contributed by atoms with Crippen molar-refractivity contribution in [1.82, 2.24) is 0 Å². The molecule has 0 aliphatic heterocycles. The van der Waals surface area contributed by atoms with E-state index in [4.69, 9.17) is 9.84 Å². The fraction of sp³-hybridized carbons (Fsp3) is 0.333. The maximum absolute atomic E-state index is 11.5. The van der Waals surface area contributed by atoms with E-state index in [-0.39, 0.29) is 12.4 Å². The van der Waals surface area contributed by atoms with Crippen LogP contribution in [0.1, 0.15) is 42.1 Å². The summed E-state index contributed by atoms with van der Waals surface area (Å²) in [6, 6.07) is 6.89. The molecule has 0 bridgehead atoms. The number of ether oxygens (including phenoxy) is 1. The number of carbonyl (C=O) groups excluding carboxylic acids is 1. The quantitative estimate of drug-likeness (QED) is 0.502. The Morgan fingerprint density at radius 1 is 1.37 bits per heavy atom. The lowest BCUT2D eigenvalue weighted by Crippen LogP contribution is -2.04. The molecule has 0 fully saturated rings. The number of benzene rings is 1. The Morgan fingerprint density at radius 2 is 2.16 bits per heavy atom. The monoisotopic (exact) mass is 260 g/mol. The number of carboxylic acids is 1. The van der Waals surface area contributed by atoms with Gasteiger partial charge in [0.25, 0.3) is 0 Å². The Kier molecular flexibility index (Phi) is 6.17. The van der Waals surface area contributed by atoms with Crippen LogP contribution in [0.25, 0.3) is 0 Å². The Bertz CT molecular complexity index is 508. The van der Waals surface area contributed by atoms with Crippen LogP contribution in [0.5, 0.6) is 0 Å². The van der Waals surface area contributed by atoms with Gasteiger partial charge in [0.2, 0.25) is 0 Å². The number of carbonyl (C=O) groups is 2. The lowest BCUT2D eigenvalue weighted by Gasteiger charge is -2.01. The number of rotatable bonds is 5. The molecule has 0 amide bonds. The molecule has 0 aromatic heterocycles. The standard InChI is InChI=1S/C15H16O4/c1-2-19-15(18)13-9-6-8-12(11-13)7-4-3-5-10-14(16)17/h6,8-9,11H,2-3,5,10H2,1H3,(H,16,17). The van der Waals surface area contributed by atoms with Crippen molar-refractivity contribution in [2.75, 3.05) is 6.61 Å². The van der Waals surface area contributed by atoms with Gasteiger partial charge in [0.1, 0.15) is 0 Å². The maximum Gasteiger partial charge on any atom is 0.338 e. The average Bonchev–Trinajstić information content (AvgIpc) is 2.38. The second-order valence-electron chi connectivity index (χ2n) is 3.85. The molecule has 4 nitrogen and oxygen atoms in total. The van der Waals surface area contributed by atoms with Crippen LogP contribution in [-0.4, -0.2) is 23.7 Å². The molecule has 0 aliphatic carbocycles. The van der Waals surface area contributed by atoms with E-state index in [9.17, 15) is 9.59 Å². The highest BCUT2D eigenvalue weighted by Crippen LogP contribution is 2.06. The smallest absolute Gasteiger partial charge is 0.338 e. The predicted octanol–water partition coefficient (Wildman–Crippen LogP) is 2.47. The van der Waals surface area contributed by atoms with Gasteiger partial charge in [-0.15, -0.1) is 0 Å². The summed E-state index contributed by atoms with van der Waals surface area (Å²) in [6.07, 6.45) is 1.17. The third-order valence-electron chi connectivity index (χ3n) is 2.30. The fourth-order valence-electron chi connectivity index (χ4n) is 1.43. The Balaban J connectivity index is 2.59. The zero-order chi connectivity index (χ0) is 14.1. The van der Waals surface area contributed by atoms with Gasteiger partial charge in [-0.05, 0) is 31.5 Å². The van der Waals surface area contributed by atoms with E-state index in [0.717, 1.165) is 5.56 Å². The Hall–Kier alpha value is -2.28. The first kappa shape index (κ1) is 14.8. The Labute approximate surface area is 112 Å². The summed E-state index contributed by atoms with van der Waals surface area (Å²) < 4.78 is 4.90. The molecular weight excluding hydrogens is 244 g/mol. The molecule has 1 rings (SSSR count). The molecule has 1 aromatic rings. The summed E-state index contributed by atoms with van der Waals surface area (Å²) in [6.45, 7) is 2.09. The lowest BCUT2D eigenvalue weighted by molar-refractivity contribution is -0.137. The van der Waals surface area contributed by atoms with E-state index in [1.807, 2.05) is 0 Å². The van der Waals surface area contributed by atoms with Crippen LogP contribution in [0.3, 0.4) is 0 Å². The first-order valence-corrected chi connectivity index (χ1v) is 6.11. The van der Waals surface area contributed by atoms with E-state index in [1.54, 1.807) is 31.2 Å². The number of esters is 1. The van der Waals surface area contributed by atoms with Crippen LogP contribution in [0.4, 0.5) is 0 Å². The van der Waals surface area contributed by atoms with Crippen molar-refractivity contribution in [3.05, 3.63) is 35.4 Å². The molecule has 0 unspecified atom stereocenters. The number of aliphatic carboxylic acids is 1. The van der Waals surface area contributed by atoms with Crippen molar-refractivity contribution in [3.63, 3.8) is 0 Å². The summed E-state index contributed by atoms with van der Waals surface area (Å²) in [5, 5.41) is 8.48. The summed E-state index contributed by atoms with van der Waals surface area (Å²) in [7, 11) is 0. The SMILES string of the molecule is CCOC(=O)c1cccc(C#CCCCC(=O)O)c1. The second-order valence-corrected chi connectivity index (χ2v) is 3.85. The Morgan fingerprint density at radius 3 is 2.84 bits per heavy atom. The van der Waals surface area contributed by atoms with Gasteiger partial charge in [-0.2, -0.15) is 0 Å². The van der Waals surface area contributed by atoms with Gasteiger partial charge < -0.3 is 9.84 Å². The minimum absolute atomic E-state index is 0.123.